The SMILES string of the molecule is O=C(c1ccc2c(c1)OCCO2)C1CCN(C(=O)c2cc(=O)[nH]c3ccccc23)CC1. The van der Waals surface area contributed by atoms with Crippen molar-refractivity contribution >= 4 is 22.6 Å². The molecule has 0 atom stereocenters. The maximum atomic E-state index is 13.1. The van der Waals surface area contributed by atoms with Crippen molar-refractivity contribution in [2.75, 3.05) is 26.3 Å². The third-order valence-electron chi connectivity index (χ3n) is 5.96. The van der Waals surface area contributed by atoms with Gasteiger partial charge in [-0.05, 0) is 37.1 Å². The number of hydrogen-bond acceptors (Lipinski definition) is 5. The minimum Gasteiger partial charge on any atom is -0.486 e. The fourth-order valence-electron chi connectivity index (χ4n) is 4.33. The highest BCUT2D eigenvalue weighted by molar-refractivity contribution is 6.06. The fraction of sp³-hybridized carbons (Fsp3) is 0.292. The number of amides is 1. The van der Waals surface area contributed by atoms with E-state index >= 15 is 0 Å². The quantitative estimate of drug-likeness (QED) is 0.661. The van der Waals surface area contributed by atoms with Crippen molar-refractivity contribution in [2.45, 2.75) is 12.8 Å². The van der Waals surface area contributed by atoms with E-state index in [-0.39, 0.29) is 23.2 Å². The molecular formula is C24H22N2O5. The van der Waals surface area contributed by atoms with Gasteiger partial charge in [0, 0.05) is 41.5 Å². The lowest BCUT2D eigenvalue weighted by atomic mass is 9.88. The lowest BCUT2D eigenvalue weighted by molar-refractivity contribution is 0.0651. The number of fused-ring (bicyclic) bond motifs is 2. The highest BCUT2D eigenvalue weighted by Gasteiger charge is 2.30. The Morgan fingerprint density at radius 3 is 2.48 bits per heavy atom. The van der Waals surface area contributed by atoms with Crippen molar-refractivity contribution in [3.63, 3.8) is 0 Å². The molecule has 5 rings (SSSR count). The zero-order chi connectivity index (χ0) is 21.4. The molecule has 7 heteroatoms. The average molecular weight is 418 g/mol. The minimum absolute atomic E-state index is 0.0608. The number of H-pyrrole nitrogens is 1. The maximum absolute atomic E-state index is 13.1. The van der Waals surface area contributed by atoms with E-state index in [9.17, 15) is 14.4 Å². The molecule has 2 aliphatic heterocycles. The Bertz CT molecular complexity index is 1220. The van der Waals surface area contributed by atoms with Crippen LogP contribution in [0, 0.1) is 5.92 Å². The van der Waals surface area contributed by atoms with Gasteiger partial charge in [0.1, 0.15) is 13.2 Å². The molecule has 1 fully saturated rings. The molecule has 31 heavy (non-hydrogen) atoms. The molecule has 0 saturated carbocycles. The molecule has 7 nitrogen and oxygen atoms in total. The Kier molecular flexibility index (Phi) is 4.94. The Hall–Kier alpha value is -3.61. The zero-order valence-corrected chi connectivity index (χ0v) is 16.9. The predicted molar refractivity (Wildman–Crippen MR) is 115 cm³/mol. The molecule has 0 unspecified atom stereocenters. The van der Waals surface area contributed by atoms with Crippen LogP contribution >= 0.6 is 0 Å². The van der Waals surface area contributed by atoms with Gasteiger partial charge in [0.25, 0.3) is 5.91 Å². The van der Waals surface area contributed by atoms with Gasteiger partial charge >= 0.3 is 0 Å². The third-order valence-corrected chi connectivity index (χ3v) is 5.96. The number of ether oxygens (including phenoxy) is 2. The summed E-state index contributed by atoms with van der Waals surface area (Å²) in [7, 11) is 0. The monoisotopic (exact) mass is 418 g/mol. The summed E-state index contributed by atoms with van der Waals surface area (Å²) in [4.78, 5) is 42.6. The van der Waals surface area contributed by atoms with Gasteiger partial charge in [-0.25, -0.2) is 0 Å². The number of aromatic nitrogens is 1. The van der Waals surface area contributed by atoms with Crippen molar-refractivity contribution in [1.82, 2.24) is 9.88 Å². The van der Waals surface area contributed by atoms with Gasteiger partial charge in [-0.2, -0.15) is 0 Å². The second-order valence-corrected chi connectivity index (χ2v) is 7.88. The number of carbonyl (C=O) groups excluding carboxylic acids is 2. The molecule has 0 aliphatic carbocycles. The first-order chi connectivity index (χ1) is 15.1. The minimum atomic E-state index is -0.300. The van der Waals surface area contributed by atoms with Crippen molar-refractivity contribution in [3.8, 4) is 11.5 Å². The van der Waals surface area contributed by atoms with Crippen molar-refractivity contribution in [3.05, 3.63) is 70.0 Å². The molecule has 3 aromatic rings. The predicted octanol–water partition coefficient (Wildman–Crippen LogP) is 3.03. The number of hydrogen-bond donors (Lipinski definition) is 1. The third kappa shape index (κ3) is 3.67. The first-order valence-electron chi connectivity index (χ1n) is 10.5. The Morgan fingerprint density at radius 2 is 1.68 bits per heavy atom. The standard InChI is InChI=1S/C24H22N2O5/c27-22-14-18(17-3-1-2-4-19(17)25-22)24(29)26-9-7-15(8-10-26)23(28)16-5-6-20-21(13-16)31-12-11-30-20/h1-6,13-15H,7-12H2,(H,25,27). The van der Waals surface area contributed by atoms with E-state index in [0.717, 1.165) is 5.39 Å². The van der Waals surface area contributed by atoms with E-state index in [1.54, 1.807) is 29.2 Å². The molecule has 0 spiro atoms. The summed E-state index contributed by atoms with van der Waals surface area (Å²) < 4.78 is 11.1. The van der Waals surface area contributed by atoms with E-state index < -0.39 is 0 Å². The molecule has 1 N–H and O–H groups in total. The summed E-state index contributed by atoms with van der Waals surface area (Å²) >= 11 is 0. The van der Waals surface area contributed by atoms with Gasteiger partial charge < -0.3 is 19.4 Å². The number of nitrogens with zero attached hydrogens (tertiary/aromatic N) is 1. The number of pyridine rings is 1. The van der Waals surface area contributed by atoms with Crippen LogP contribution in [0.15, 0.2) is 53.3 Å². The van der Waals surface area contributed by atoms with Crippen LogP contribution in [0.5, 0.6) is 11.5 Å². The van der Waals surface area contributed by atoms with Crippen LogP contribution in [-0.4, -0.2) is 47.9 Å². The highest BCUT2D eigenvalue weighted by Crippen LogP contribution is 2.33. The molecule has 3 heterocycles. The van der Waals surface area contributed by atoms with Gasteiger partial charge in [-0.3, -0.25) is 14.4 Å². The normalized spacial score (nSPS) is 16.3. The van der Waals surface area contributed by atoms with Crippen molar-refractivity contribution in [2.24, 2.45) is 5.92 Å². The summed E-state index contributed by atoms with van der Waals surface area (Å²) in [5.41, 5.74) is 1.35. The largest absolute Gasteiger partial charge is 0.486 e. The molecule has 2 aromatic carbocycles. The summed E-state index contributed by atoms with van der Waals surface area (Å²) in [6.45, 7) is 1.93. The Balaban J connectivity index is 1.30. The molecule has 1 amide bonds. The number of rotatable bonds is 3. The number of ketones is 1. The fourth-order valence-corrected chi connectivity index (χ4v) is 4.33. The maximum Gasteiger partial charge on any atom is 0.254 e. The van der Waals surface area contributed by atoms with E-state index in [2.05, 4.69) is 4.98 Å². The summed E-state index contributed by atoms with van der Waals surface area (Å²) in [5.74, 6) is 1.000. The van der Waals surface area contributed by atoms with Gasteiger partial charge in [-0.1, -0.05) is 18.2 Å². The van der Waals surface area contributed by atoms with Crippen LogP contribution in [-0.2, 0) is 0 Å². The number of para-hydroxylation sites is 1. The van der Waals surface area contributed by atoms with Crippen LogP contribution < -0.4 is 15.0 Å². The smallest absolute Gasteiger partial charge is 0.254 e. The van der Waals surface area contributed by atoms with Crippen LogP contribution in [0.3, 0.4) is 0 Å². The van der Waals surface area contributed by atoms with E-state index in [0.29, 0.717) is 67.3 Å². The van der Waals surface area contributed by atoms with E-state index in [4.69, 9.17) is 9.47 Å². The second kappa shape index (κ2) is 7.91. The molecule has 1 aromatic heterocycles. The topological polar surface area (TPSA) is 88.7 Å². The number of likely N-dealkylation sites (tertiary alicyclic amines) is 1. The second-order valence-electron chi connectivity index (χ2n) is 7.88. The molecule has 1 saturated heterocycles. The van der Waals surface area contributed by atoms with Gasteiger partial charge in [0.15, 0.2) is 17.3 Å². The summed E-state index contributed by atoms with van der Waals surface area (Å²) in [6.07, 6.45) is 1.17. The van der Waals surface area contributed by atoms with Gasteiger partial charge in [0.2, 0.25) is 5.56 Å². The summed E-state index contributed by atoms with van der Waals surface area (Å²) in [6, 6.07) is 13.9. The van der Waals surface area contributed by atoms with Gasteiger partial charge in [-0.15, -0.1) is 0 Å². The number of aromatic amines is 1. The van der Waals surface area contributed by atoms with Crippen LogP contribution in [0.25, 0.3) is 10.9 Å². The Morgan fingerprint density at radius 1 is 0.935 bits per heavy atom. The lowest BCUT2D eigenvalue weighted by Crippen LogP contribution is -2.40. The molecule has 158 valence electrons. The zero-order valence-electron chi connectivity index (χ0n) is 16.9. The lowest BCUT2D eigenvalue weighted by Gasteiger charge is -2.31. The van der Waals surface area contributed by atoms with Crippen LogP contribution in [0.4, 0.5) is 0 Å². The average Bonchev–Trinajstić information content (AvgIpc) is 2.82. The highest BCUT2D eigenvalue weighted by atomic mass is 16.6. The summed E-state index contributed by atoms with van der Waals surface area (Å²) in [5, 5.41) is 0.724. The van der Waals surface area contributed by atoms with E-state index in [1.807, 2.05) is 18.2 Å². The first kappa shape index (κ1) is 19.4. The van der Waals surface area contributed by atoms with Crippen molar-refractivity contribution in [1.29, 1.82) is 0 Å². The number of piperidine rings is 1. The number of Topliss-reactive ketones (excluding diaryl/α,β-unsaturated/α-hetero) is 1. The molecule has 2 aliphatic rings. The van der Waals surface area contributed by atoms with Gasteiger partial charge in [0.05, 0.1) is 5.56 Å². The first-order valence-corrected chi connectivity index (χ1v) is 10.5. The van der Waals surface area contributed by atoms with Crippen LogP contribution in [0.2, 0.25) is 0 Å². The number of nitrogens with one attached hydrogen (secondary N) is 1. The molecular weight excluding hydrogens is 396 g/mol. The molecule has 0 radical (unpaired) electrons. The number of benzene rings is 2. The van der Waals surface area contributed by atoms with E-state index in [1.165, 1.54) is 6.07 Å². The number of carbonyl (C=O) groups is 2. The Labute approximate surface area is 178 Å². The van der Waals surface area contributed by atoms with Crippen LogP contribution in [0.1, 0.15) is 33.6 Å². The van der Waals surface area contributed by atoms with Crippen molar-refractivity contribution < 1.29 is 19.1 Å². The molecule has 0 bridgehead atoms.